The molecule has 0 radical (unpaired) electrons. The van der Waals surface area contributed by atoms with Gasteiger partial charge in [0.05, 0.1) is 18.1 Å². The molecule has 2 aromatic carbocycles. The molecule has 1 fully saturated rings. The van der Waals surface area contributed by atoms with E-state index in [0.29, 0.717) is 18.9 Å². The zero-order valence-electron chi connectivity index (χ0n) is 14.2. The van der Waals surface area contributed by atoms with Gasteiger partial charge in [-0.05, 0) is 49.4 Å². The summed E-state index contributed by atoms with van der Waals surface area (Å²) in [7, 11) is -3.69. The van der Waals surface area contributed by atoms with Crippen LogP contribution in [-0.2, 0) is 14.8 Å². The Bertz CT molecular complexity index is 900. The van der Waals surface area contributed by atoms with E-state index >= 15 is 0 Å². The Labute approximate surface area is 151 Å². The van der Waals surface area contributed by atoms with E-state index in [9.17, 15) is 17.6 Å². The minimum Gasteiger partial charge on any atom is -0.378 e. The maximum Gasteiger partial charge on any atom is 0.255 e. The fourth-order valence-electron chi connectivity index (χ4n) is 2.74. The third-order valence-electron chi connectivity index (χ3n) is 4.11. The summed E-state index contributed by atoms with van der Waals surface area (Å²) in [5.74, 6) is -0.881. The van der Waals surface area contributed by atoms with Gasteiger partial charge in [0.1, 0.15) is 5.82 Å². The molecular formula is C18H19FN2O4S. The second-order valence-electron chi connectivity index (χ2n) is 6.03. The number of nitrogens with one attached hydrogen (secondary N) is 1. The number of carbonyl (C=O) groups is 1. The second-order valence-corrected chi connectivity index (χ2v) is 7.92. The number of halogens is 1. The van der Waals surface area contributed by atoms with Gasteiger partial charge in [-0.15, -0.1) is 0 Å². The van der Waals surface area contributed by atoms with E-state index in [1.807, 2.05) is 0 Å². The third-order valence-corrected chi connectivity index (χ3v) is 6.12. The average Bonchev–Trinajstić information content (AvgIpc) is 2.62. The highest BCUT2D eigenvalue weighted by atomic mass is 32.2. The number of hydrogen-bond acceptors (Lipinski definition) is 4. The van der Waals surface area contributed by atoms with Crippen molar-refractivity contribution in [2.24, 2.45) is 0 Å². The predicted molar refractivity (Wildman–Crippen MR) is 95.0 cm³/mol. The summed E-state index contributed by atoms with van der Waals surface area (Å²) in [6.45, 7) is 2.78. The monoisotopic (exact) mass is 378 g/mol. The van der Waals surface area contributed by atoms with Crippen molar-refractivity contribution < 1.29 is 22.3 Å². The maximum absolute atomic E-state index is 13.0. The molecule has 0 aliphatic carbocycles. The van der Waals surface area contributed by atoms with E-state index in [2.05, 4.69) is 5.32 Å². The number of carbonyl (C=O) groups excluding carboxylic acids is 1. The van der Waals surface area contributed by atoms with Crippen LogP contribution in [0.3, 0.4) is 0 Å². The lowest BCUT2D eigenvalue weighted by molar-refractivity contribution is 0.0393. The van der Waals surface area contributed by atoms with Crippen molar-refractivity contribution in [3.63, 3.8) is 0 Å². The van der Waals surface area contributed by atoms with Crippen LogP contribution >= 0.6 is 0 Å². The lowest BCUT2D eigenvalue weighted by Crippen LogP contribution is -2.46. The zero-order chi connectivity index (χ0) is 18.7. The molecule has 8 heteroatoms. The standard InChI is InChI=1S/C18H19FN2O4S/c1-13-12-25-10-9-21(13)26(23,24)17-4-2-3-16(11-17)20-18(22)14-5-7-15(19)8-6-14/h2-8,11,13H,9-10,12H2,1H3,(H,20,22). The Morgan fingerprint density at radius 2 is 1.96 bits per heavy atom. The predicted octanol–water partition coefficient (Wildman–Crippen LogP) is 2.49. The maximum atomic E-state index is 13.0. The van der Waals surface area contributed by atoms with E-state index < -0.39 is 21.7 Å². The van der Waals surface area contributed by atoms with E-state index in [0.717, 1.165) is 0 Å². The Kier molecular flexibility index (Phi) is 5.36. The Morgan fingerprint density at radius 1 is 1.23 bits per heavy atom. The third kappa shape index (κ3) is 3.92. The lowest BCUT2D eigenvalue weighted by Gasteiger charge is -2.32. The zero-order valence-corrected chi connectivity index (χ0v) is 15.0. The normalized spacial score (nSPS) is 18.5. The smallest absolute Gasteiger partial charge is 0.255 e. The summed E-state index contributed by atoms with van der Waals surface area (Å²) in [6, 6.07) is 10.9. The van der Waals surface area contributed by atoms with Gasteiger partial charge >= 0.3 is 0 Å². The van der Waals surface area contributed by atoms with Crippen molar-refractivity contribution in [3.05, 3.63) is 59.9 Å². The number of hydrogen-bond donors (Lipinski definition) is 1. The Morgan fingerprint density at radius 3 is 2.65 bits per heavy atom. The van der Waals surface area contributed by atoms with Crippen molar-refractivity contribution in [2.45, 2.75) is 17.9 Å². The molecule has 138 valence electrons. The van der Waals surface area contributed by atoms with E-state index in [1.165, 1.54) is 40.7 Å². The number of ether oxygens (including phenoxy) is 1. The van der Waals surface area contributed by atoms with Crippen LogP contribution in [0.25, 0.3) is 0 Å². The van der Waals surface area contributed by atoms with Crippen LogP contribution in [0.2, 0.25) is 0 Å². The first-order valence-corrected chi connectivity index (χ1v) is 9.58. The second kappa shape index (κ2) is 7.53. The molecule has 1 N–H and O–H groups in total. The van der Waals surface area contributed by atoms with E-state index in [4.69, 9.17) is 4.74 Å². The molecule has 1 aliphatic rings. The summed E-state index contributed by atoms with van der Waals surface area (Å²) < 4.78 is 45.4. The van der Waals surface area contributed by atoms with E-state index in [1.54, 1.807) is 19.1 Å². The van der Waals surface area contributed by atoms with Crippen LogP contribution in [0.4, 0.5) is 10.1 Å². The number of sulfonamides is 1. The molecule has 1 aliphatic heterocycles. The van der Waals surface area contributed by atoms with Gasteiger partial charge in [0, 0.05) is 23.8 Å². The van der Waals surface area contributed by atoms with Crippen LogP contribution in [0.15, 0.2) is 53.4 Å². The summed E-state index contributed by atoms with van der Waals surface area (Å²) in [5, 5.41) is 2.64. The summed E-state index contributed by atoms with van der Waals surface area (Å²) in [6.07, 6.45) is 0. The number of nitrogens with zero attached hydrogens (tertiary/aromatic N) is 1. The van der Waals surface area contributed by atoms with Gasteiger partial charge in [-0.1, -0.05) is 6.07 Å². The molecule has 26 heavy (non-hydrogen) atoms. The summed E-state index contributed by atoms with van der Waals surface area (Å²) >= 11 is 0. The molecule has 1 atom stereocenters. The van der Waals surface area contributed by atoms with Gasteiger partial charge in [-0.3, -0.25) is 4.79 Å². The molecular weight excluding hydrogens is 359 g/mol. The highest BCUT2D eigenvalue weighted by Crippen LogP contribution is 2.23. The molecule has 1 unspecified atom stereocenters. The van der Waals surface area contributed by atoms with Gasteiger partial charge in [0.25, 0.3) is 5.91 Å². The molecule has 0 bridgehead atoms. The minimum absolute atomic E-state index is 0.100. The number of morpholine rings is 1. The molecule has 1 saturated heterocycles. The lowest BCUT2D eigenvalue weighted by atomic mass is 10.2. The van der Waals surface area contributed by atoms with Crippen molar-refractivity contribution in [3.8, 4) is 0 Å². The minimum atomic E-state index is -3.69. The fourth-order valence-corrected chi connectivity index (χ4v) is 4.39. The van der Waals surface area contributed by atoms with Gasteiger partial charge in [-0.2, -0.15) is 4.31 Å². The van der Waals surface area contributed by atoms with Gasteiger partial charge in [0.15, 0.2) is 0 Å². The average molecular weight is 378 g/mol. The number of amides is 1. The van der Waals surface area contributed by atoms with Crippen molar-refractivity contribution >= 4 is 21.6 Å². The molecule has 1 heterocycles. The fraction of sp³-hybridized carbons (Fsp3) is 0.278. The van der Waals surface area contributed by atoms with Crippen molar-refractivity contribution in [2.75, 3.05) is 25.1 Å². The van der Waals surface area contributed by atoms with Gasteiger partial charge in [-0.25, -0.2) is 12.8 Å². The summed E-state index contributed by atoms with van der Waals surface area (Å²) in [4.78, 5) is 12.3. The van der Waals surface area contributed by atoms with Crippen LogP contribution in [0.5, 0.6) is 0 Å². The van der Waals surface area contributed by atoms with Crippen molar-refractivity contribution in [1.82, 2.24) is 4.31 Å². The van der Waals surface area contributed by atoms with Crippen LogP contribution in [0, 0.1) is 5.82 Å². The quantitative estimate of drug-likeness (QED) is 0.887. The molecule has 0 saturated carbocycles. The molecule has 1 amide bonds. The molecule has 0 aromatic heterocycles. The molecule has 6 nitrogen and oxygen atoms in total. The topological polar surface area (TPSA) is 75.7 Å². The molecule has 0 spiro atoms. The number of anilines is 1. The van der Waals surface area contributed by atoms with Crippen LogP contribution < -0.4 is 5.32 Å². The SMILES string of the molecule is CC1COCCN1S(=O)(=O)c1cccc(NC(=O)c2ccc(F)cc2)c1. The number of rotatable bonds is 4. The van der Waals surface area contributed by atoms with Gasteiger partial charge in [0.2, 0.25) is 10.0 Å². The van der Waals surface area contributed by atoms with E-state index in [-0.39, 0.29) is 23.0 Å². The first-order chi connectivity index (χ1) is 12.4. The van der Waals surface area contributed by atoms with Gasteiger partial charge < -0.3 is 10.1 Å². The Balaban J connectivity index is 1.81. The first kappa shape index (κ1) is 18.5. The van der Waals surface area contributed by atoms with Crippen molar-refractivity contribution in [1.29, 1.82) is 0 Å². The largest absolute Gasteiger partial charge is 0.378 e. The Hall–Kier alpha value is -2.29. The molecule has 2 aromatic rings. The molecule has 3 rings (SSSR count). The van der Waals surface area contributed by atoms with Crippen LogP contribution in [-0.4, -0.2) is 44.4 Å². The first-order valence-electron chi connectivity index (χ1n) is 8.14. The van der Waals surface area contributed by atoms with Crippen LogP contribution in [0.1, 0.15) is 17.3 Å². The highest BCUT2D eigenvalue weighted by Gasteiger charge is 2.31. The highest BCUT2D eigenvalue weighted by molar-refractivity contribution is 7.89. The number of benzene rings is 2. The summed E-state index contributed by atoms with van der Waals surface area (Å²) in [5.41, 5.74) is 0.628.